The Morgan fingerprint density at radius 3 is 2.48 bits per heavy atom. The zero-order valence-corrected chi connectivity index (χ0v) is 15.6. The number of benzene rings is 1. The molecule has 0 amide bonds. The fourth-order valence-corrected chi connectivity index (χ4v) is 4.26. The average Bonchev–Trinajstić information content (AvgIpc) is 3.21. The van der Waals surface area contributed by atoms with E-state index in [1.54, 1.807) is 17.5 Å². The highest BCUT2D eigenvalue weighted by Gasteiger charge is 2.31. The van der Waals surface area contributed by atoms with E-state index in [4.69, 9.17) is 0 Å². The lowest BCUT2D eigenvalue weighted by Gasteiger charge is -2.38. The molecule has 1 fully saturated rings. The number of halogens is 3. The summed E-state index contributed by atoms with van der Waals surface area (Å²) in [6.07, 6.45) is -0.948. The lowest BCUT2D eigenvalue weighted by molar-refractivity contribution is -0.137. The number of fused-ring (bicyclic) bond motifs is 1. The lowest BCUT2D eigenvalue weighted by Crippen LogP contribution is -2.47. The third-order valence-electron chi connectivity index (χ3n) is 5.06. The molecular formula is C19H19F3N4S. The number of aromatic nitrogens is 2. The second-order valence-electron chi connectivity index (χ2n) is 6.63. The van der Waals surface area contributed by atoms with E-state index >= 15 is 0 Å². The van der Waals surface area contributed by atoms with E-state index in [-0.39, 0.29) is 6.04 Å². The number of hydrogen-bond acceptors (Lipinski definition) is 5. The molecule has 2 aromatic heterocycles. The summed E-state index contributed by atoms with van der Waals surface area (Å²) in [5.41, 5.74) is 0.651. The van der Waals surface area contributed by atoms with E-state index in [9.17, 15) is 13.2 Å². The van der Waals surface area contributed by atoms with Crippen molar-refractivity contribution in [1.82, 2.24) is 14.9 Å². The van der Waals surface area contributed by atoms with Crippen molar-refractivity contribution in [3.05, 3.63) is 52.6 Å². The van der Waals surface area contributed by atoms with Crippen molar-refractivity contribution in [2.24, 2.45) is 0 Å². The highest BCUT2D eigenvalue weighted by atomic mass is 32.1. The standard InChI is InChI=1S/C19H19F3N4S/c1-13(18-24-6-11-27-18)25-7-9-26(10-8-25)17-4-5-23-16-12-14(19(20,21)22)2-3-15(16)17/h2-6,11-13H,7-10H2,1H3. The van der Waals surface area contributed by atoms with Gasteiger partial charge >= 0.3 is 6.18 Å². The van der Waals surface area contributed by atoms with E-state index in [0.717, 1.165) is 54.4 Å². The molecule has 1 unspecified atom stereocenters. The topological polar surface area (TPSA) is 32.3 Å². The minimum Gasteiger partial charge on any atom is -0.368 e. The van der Waals surface area contributed by atoms with Gasteiger partial charge in [-0.1, -0.05) is 6.07 Å². The molecule has 1 aromatic carbocycles. The molecule has 0 spiro atoms. The summed E-state index contributed by atoms with van der Waals surface area (Å²) in [6, 6.07) is 5.95. The molecule has 1 aliphatic heterocycles. The number of rotatable bonds is 3. The Morgan fingerprint density at radius 2 is 1.81 bits per heavy atom. The summed E-state index contributed by atoms with van der Waals surface area (Å²) >= 11 is 1.66. The maximum absolute atomic E-state index is 13.0. The summed E-state index contributed by atoms with van der Waals surface area (Å²) in [5.74, 6) is 0. The number of piperazine rings is 1. The van der Waals surface area contributed by atoms with Gasteiger partial charge in [0.15, 0.2) is 0 Å². The summed E-state index contributed by atoms with van der Waals surface area (Å²) in [5, 5.41) is 3.85. The molecule has 0 radical (unpaired) electrons. The van der Waals surface area contributed by atoms with Crippen molar-refractivity contribution in [1.29, 1.82) is 0 Å². The number of alkyl halides is 3. The van der Waals surface area contributed by atoms with Gasteiger partial charge in [0.05, 0.1) is 17.1 Å². The minimum atomic E-state index is -4.36. The van der Waals surface area contributed by atoms with Crippen LogP contribution in [0.3, 0.4) is 0 Å². The fourth-order valence-electron chi connectivity index (χ4n) is 3.53. The molecule has 1 saturated heterocycles. The van der Waals surface area contributed by atoms with Gasteiger partial charge in [-0.15, -0.1) is 11.3 Å². The first-order valence-electron chi connectivity index (χ1n) is 8.78. The average molecular weight is 392 g/mol. The summed E-state index contributed by atoms with van der Waals surface area (Å²) in [7, 11) is 0. The first kappa shape index (κ1) is 18.2. The van der Waals surface area contributed by atoms with Crippen LogP contribution in [0.5, 0.6) is 0 Å². The smallest absolute Gasteiger partial charge is 0.368 e. The summed E-state index contributed by atoms with van der Waals surface area (Å²) in [4.78, 5) is 13.2. The number of pyridine rings is 1. The van der Waals surface area contributed by atoms with Crippen molar-refractivity contribution >= 4 is 27.9 Å². The Labute approximate surface area is 159 Å². The molecule has 0 saturated carbocycles. The normalized spacial score (nSPS) is 17.4. The molecular weight excluding hydrogens is 373 g/mol. The van der Waals surface area contributed by atoms with E-state index < -0.39 is 11.7 Å². The zero-order valence-electron chi connectivity index (χ0n) is 14.8. The van der Waals surface area contributed by atoms with Gasteiger partial charge in [0.1, 0.15) is 5.01 Å². The van der Waals surface area contributed by atoms with Gasteiger partial charge in [-0.05, 0) is 25.1 Å². The van der Waals surface area contributed by atoms with Crippen LogP contribution < -0.4 is 4.90 Å². The third kappa shape index (κ3) is 3.64. The van der Waals surface area contributed by atoms with Crippen LogP contribution in [0.1, 0.15) is 23.5 Å². The van der Waals surface area contributed by atoms with Gasteiger partial charge in [-0.2, -0.15) is 13.2 Å². The molecule has 0 aliphatic carbocycles. The van der Waals surface area contributed by atoms with Gasteiger partial charge in [0.25, 0.3) is 0 Å². The van der Waals surface area contributed by atoms with Crippen LogP contribution in [-0.4, -0.2) is 41.0 Å². The van der Waals surface area contributed by atoms with Gasteiger partial charge in [0.2, 0.25) is 0 Å². The monoisotopic (exact) mass is 392 g/mol. The Bertz CT molecular complexity index is 918. The van der Waals surface area contributed by atoms with Crippen LogP contribution in [0, 0.1) is 0 Å². The quantitative estimate of drug-likeness (QED) is 0.652. The van der Waals surface area contributed by atoms with Crippen LogP contribution >= 0.6 is 11.3 Å². The highest BCUT2D eigenvalue weighted by Crippen LogP contribution is 2.34. The Kier molecular flexibility index (Phi) is 4.77. The van der Waals surface area contributed by atoms with Crippen molar-refractivity contribution < 1.29 is 13.2 Å². The van der Waals surface area contributed by atoms with Crippen LogP contribution in [-0.2, 0) is 6.18 Å². The van der Waals surface area contributed by atoms with Crippen molar-refractivity contribution in [2.75, 3.05) is 31.1 Å². The molecule has 1 aliphatic rings. The number of nitrogens with zero attached hydrogens (tertiary/aromatic N) is 4. The number of hydrogen-bond donors (Lipinski definition) is 0. The van der Waals surface area contributed by atoms with Crippen LogP contribution in [0.2, 0.25) is 0 Å². The molecule has 4 nitrogen and oxygen atoms in total. The Balaban J connectivity index is 1.54. The second kappa shape index (κ2) is 7.09. The van der Waals surface area contributed by atoms with Crippen LogP contribution in [0.15, 0.2) is 42.0 Å². The first-order chi connectivity index (χ1) is 12.9. The van der Waals surface area contributed by atoms with E-state index in [0.29, 0.717) is 5.52 Å². The molecule has 0 bridgehead atoms. The molecule has 8 heteroatoms. The SMILES string of the molecule is CC(c1nccs1)N1CCN(c2ccnc3cc(C(F)(F)F)ccc23)CC1. The predicted molar refractivity (Wildman–Crippen MR) is 101 cm³/mol. The maximum atomic E-state index is 13.0. The molecule has 0 N–H and O–H groups in total. The predicted octanol–water partition coefficient (Wildman–Crippen LogP) is 4.59. The van der Waals surface area contributed by atoms with Gasteiger partial charge < -0.3 is 4.90 Å². The molecule has 142 valence electrons. The van der Waals surface area contributed by atoms with Gasteiger partial charge in [-0.3, -0.25) is 9.88 Å². The molecule has 3 heterocycles. The molecule has 27 heavy (non-hydrogen) atoms. The largest absolute Gasteiger partial charge is 0.416 e. The fraction of sp³-hybridized carbons (Fsp3) is 0.368. The van der Waals surface area contributed by atoms with Gasteiger partial charge in [0, 0.05) is 55.0 Å². The third-order valence-corrected chi connectivity index (χ3v) is 6.00. The minimum absolute atomic E-state index is 0.274. The van der Waals surface area contributed by atoms with Crippen molar-refractivity contribution in [3.8, 4) is 0 Å². The van der Waals surface area contributed by atoms with E-state index in [1.165, 1.54) is 6.07 Å². The molecule has 1 atom stereocenters. The van der Waals surface area contributed by atoms with Gasteiger partial charge in [-0.25, -0.2) is 4.98 Å². The molecule has 4 rings (SSSR count). The zero-order chi connectivity index (χ0) is 19.0. The van der Waals surface area contributed by atoms with Crippen LogP contribution in [0.4, 0.5) is 18.9 Å². The first-order valence-corrected chi connectivity index (χ1v) is 9.66. The molecule has 3 aromatic rings. The Hall–Kier alpha value is -2.19. The second-order valence-corrected chi connectivity index (χ2v) is 7.56. The summed E-state index contributed by atoms with van der Waals surface area (Å²) < 4.78 is 38.9. The van der Waals surface area contributed by atoms with Crippen molar-refractivity contribution in [3.63, 3.8) is 0 Å². The lowest BCUT2D eigenvalue weighted by atomic mass is 10.1. The highest BCUT2D eigenvalue weighted by molar-refractivity contribution is 7.09. The number of thiazole rings is 1. The maximum Gasteiger partial charge on any atom is 0.416 e. The number of anilines is 1. The van der Waals surface area contributed by atoms with Crippen LogP contribution in [0.25, 0.3) is 10.9 Å². The Morgan fingerprint density at radius 1 is 1.04 bits per heavy atom. The summed E-state index contributed by atoms with van der Waals surface area (Å²) in [6.45, 7) is 5.55. The van der Waals surface area contributed by atoms with E-state index in [2.05, 4.69) is 26.7 Å². The van der Waals surface area contributed by atoms with E-state index in [1.807, 2.05) is 17.6 Å². The van der Waals surface area contributed by atoms with Crippen molar-refractivity contribution in [2.45, 2.75) is 19.1 Å².